The molecule has 0 N–H and O–H groups in total. The van der Waals surface area contributed by atoms with Crippen LogP contribution in [0.1, 0.15) is 89.5 Å². The second-order valence-corrected chi connectivity index (χ2v) is 20.0. The van der Waals surface area contributed by atoms with Crippen molar-refractivity contribution in [3.05, 3.63) is 0 Å². The van der Waals surface area contributed by atoms with Crippen LogP contribution in [-0.2, 0) is 12.7 Å². The summed E-state index contributed by atoms with van der Waals surface area (Å²) in [6, 6.07) is 0. The summed E-state index contributed by atoms with van der Waals surface area (Å²) >= 11 is 0.569. The van der Waals surface area contributed by atoms with Gasteiger partial charge in [0.1, 0.15) is 0 Å². The Balaban J connectivity index is 0. The number of rotatable bonds is 4. The van der Waals surface area contributed by atoms with E-state index in [-0.39, 0.29) is 15.8 Å². The Hall–Kier alpha value is 1.93. The van der Waals surface area contributed by atoms with Crippen molar-refractivity contribution in [1.82, 2.24) is 0 Å². The summed E-state index contributed by atoms with van der Waals surface area (Å²) in [6.45, 7) is 29.3. The van der Waals surface area contributed by atoms with Crippen LogP contribution in [0.5, 0.6) is 0 Å². The van der Waals surface area contributed by atoms with Gasteiger partial charge in [0.2, 0.25) is 0 Å². The number of hydrogen-bond donors (Lipinski definition) is 0. The van der Waals surface area contributed by atoms with E-state index in [1.165, 1.54) is 18.7 Å². The minimum atomic E-state index is 0.0652. The first-order valence-electron chi connectivity index (χ1n) is 8.77. The first-order chi connectivity index (χ1) is 10.4. The average Bonchev–Trinajstić information content (AvgIpc) is 2.21. The fraction of sp³-hybridized carbons (Fsp3) is 1.00. The minimum absolute atomic E-state index is 0.0652. The summed E-state index contributed by atoms with van der Waals surface area (Å²) in [5.41, 5.74) is 0. The Bertz CT molecular complexity index is 273. The van der Waals surface area contributed by atoms with Crippen molar-refractivity contribution in [3.8, 4) is 0 Å². The van der Waals surface area contributed by atoms with Crippen LogP contribution < -0.4 is 0 Å². The topological polar surface area (TPSA) is 0 Å². The predicted molar refractivity (Wildman–Crippen MR) is 119 cm³/mol. The van der Waals surface area contributed by atoms with Gasteiger partial charge < -0.3 is 0 Å². The Morgan fingerprint density at radius 1 is 0.542 bits per heavy atom. The predicted octanol–water partition coefficient (Wildman–Crippen LogP) is 8.91. The van der Waals surface area contributed by atoms with Crippen LogP contribution in [0.4, 0.5) is 0 Å². The average molecular weight is 462 g/mol. The van der Waals surface area contributed by atoms with Gasteiger partial charge in [0.15, 0.2) is 0 Å². The van der Waals surface area contributed by atoms with Crippen LogP contribution in [0.3, 0.4) is 0 Å². The van der Waals surface area contributed by atoms with Gasteiger partial charge in [-0.15, -0.1) is 0 Å². The standard InChI is InChI=1S/C19H42P2.2ClH.Ni/c1-16(2,3)20(17(4,5)6)14-13-15-21(18(7,8)9)19(10,11)12;;;/h13-15H2,1-12H3;2*1H;/q;;;+2/p-2. The van der Waals surface area contributed by atoms with Gasteiger partial charge in [-0.2, -0.15) is 0 Å². The molecule has 0 radical (unpaired) electrons. The summed E-state index contributed by atoms with van der Waals surface area (Å²) in [6.07, 6.45) is 4.29. The second kappa shape index (κ2) is 11.1. The molecule has 0 atom stereocenters. The third kappa shape index (κ3) is 12.3. The quantitative estimate of drug-likeness (QED) is 0.289. The molecule has 0 heterocycles. The molecule has 0 fully saturated rings. The van der Waals surface area contributed by atoms with Gasteiger partial charge in [-0.3, -0.25) is 0 Å². The van der Waals surface area contributed by atoms with E-state index in [1.54, 1.807) is 0 Å². The molecule has 0 bridgehead atoms. The van der Waals surface area contributed by atoms with Gasteiger partial charge in [-0.05, 0) is 39.4 Å². The molecular formula is C19H42Cl2NiP2. The summed E-state index contributed by atoms with van der Waals surface area (Å²) < 4.78 is 0. The fourth-order valence-corrected chi connectivity index (χ4v) is 11.6. The molecule has 0 nitrogen and oxygen atoms in total. The van der Waals surface area contributed by atoms with E-state index in [2.05, 4.69) is 83.1 Å². The van der Waals surface area contributed by atoms with Crippen molar-refractivity contribution >= 4 is 36.2 Å². The van der Waals surface area contributed by atoms with E-state index in [9.17, 15) is 0 Å². The maximum atomic E-state index is 4.70. The van der Waals surface area contributed by atoms with E-state index < -0.39 is 0 Å². The molecule has 5 heteroatoms. The molecule has 0 aliphatic heterocycles. The molecule has 0 aromatic rings. The molecule has 0 spiro atoms. The van der Waals surface area contributed by atoms with Gasteiger partial charge in [0, 0.05) is 0 Å². The molecule has 0 aliphatic rings. The van der Waals surface area contributed by atoms with Gasteiger partial charge >= 0.3 is 33.0 Å². The zero-order valence-corrected chi connectivity index (χ0v) is 22.4. The van der Waals surface area contributed by atoms with Gasteiger partial charge in [0.25, 0.3) is 0 Å². The van der Waals surface area contributed by atoms with Crippen molar-refractivity contribution in [2.24, 2.45) is 0 Å². The van der Waals surface area contributed by atoms with Crippen molar-refractivity contribution in [2.75, 3.05) is 12.3 Å². The van der Waals surface area contributed by atoms with Crippen molar-refractivity contribution in [3.63, 3.8) is 0 Å². The summed E-state index contributed by atoms with van der Waals surface area (Å²) in [7, 11) is 9.53. The molecule has 0 unspecified atom stereocenters. The number of halogens is 2. The van der Waals surface area contributed by atoms with Crippen LogP contribution in [0.25, 0.3) is 0 Å². The van der Waals surface area contributed by atoms with E-state index >= 15 is 0 Å². The Morgan fingerprint density at radius 3 is 0.833 bits per heavy atom. The van der Waals surface area contributed by atoms with E-state index in [1.807, 2.05) is 0 Å². The Labute approximate surface area is 170 Å². The monoisotopic (exact) mass is 460 g/mol. The molecule has 0 amide bonds. The molecule has 0 aliphatic carbocycles. The first kappa shape index (κ1) is 28.1. The summed E-state index contributed by atoms with van der Waals surface area (Å²) in [5, 5.41) is 1.89. The van der Waals surface area contributed by atoms with Crippen molar-refractivity contribution in [1.29, 1.82) is 0 Å². The Kier molecular flexibility index (Phi) is 13.0. The molecule has 0 saturated heterocycles. The Morgan fingerprint density at radius 2 is 0.708 bits per heavy atom. The molecule has 0 saturated carbocycles. The number of hydrogen-bond acceptors (Lipinski definition) is 0. The molecule has 0 rings (SSSR count). The van der Waals surface area contributed by atoms with Crippen LogP contribution in [-0.4, -0.2) is 32.9 Å². The van der Waals surface area contributed by atoms with E-state index in [0.29, 0.717) is 33.3 Å². The van der Waals surface area contributed by atoms with Crippen molar-refractivity contribution in [2.45, 2.75) is 110 Å². The molecular weight excluding hydrogens is 420 g/mol. The summed E-state index contributed by atoms with van der Waals surface area (Å²) in [4.78, 5) is 0. The van der Waals surface area contributed by atoms with Crippen LogP contribution >= 0.6 is 36.2 Å². The van der Waals surface area contributed by atoms with E-state index in [4.69, 9.17) is 20.4 Å². The normalized spacial score (nSPS) is 14.2. The van der Waals surface area contributed by atoms with Gasteiger partial charge in [-0.25, -0.2) is 0 Å². The van der Waals surface area contributed by atoms with Crippen LogP contribution in [0.15, 0.2) is 0 Å². The molecule has 0 aromatic heterocycles. The first-order valence-corrected chi connectivity index (χ1v) is 14.5. The molecule has 0 aromatic carbocycles. The fourth-order valence-electron chi connectivity index (χ4n) is 3.74. The SMILES string of the molecule is CC(C)(C)P(CCCP(C(C)(C)C)C(C)(C)C)C(C)(C)C.[Cl][Ni][Cl]. The van der Waals surface area contributed by atoms with Crippen LogP contribution in [0, 0.1) is 0 Å². The van der Waals surface area contributed by atoms with Gasteiger partial charge in [0.05, 0.1) is 0 Å². The third-order valence-electron chi connectivity index (χ3n) is 4.00. The molecule has 152 valence electrons. The maximum absolute atomic E-state index is 4.70. The van der Waals surface area contributed by atoms with Crippen LogP contribution in [0.2, 0.25) is 0 Å². The molecule has 24 heavy (non-hydrogen) atoms. The van der Waals surface area contributed by atoms with Crippen molar-refractivity contribution < 1.29 is 12.7 Å². The second-order valence-electron chi connectivity index (χ2n) is 10.4. The van der Waals surface area contributed by atoms with E-state index in [0.717, 1.165) is 0 Å². The zero-order chi connectivity index (χ0) is 20.0. The van der Waals surface area contributed by atoms with Gasteiger partial charge in [-0.1, -0.05) is 98.9 Å². The third-order valence-corrected chi connectivity index (χ3v) is 12.0. The zero-order valence-electron chi connectivity index (χ0n) is 18.1. The summed E-state index contributed by atoms with van der Waals surface area (Å²) in [5.74, 6) is 0.